The van der Waals surface area contributed by atoms with Crippen LogP contribution in [-0.2, 0) is 21.5 Å². The van der Waals surface area contributed by atoms with Crippen molar-refractivity contribution in [3.63, 3.8) is 0 Å². The van der Waals surface area contributed by atoms with E-state index in [0.29, 0.717) is 44.8 Å². The van der Waals surface area contributed by atoms with Crippen LogP contribution in [0.4, 0.5) is 0 Å². The van der Waals surface area contributed by atoms with Crippen molar-refractivity contribution in [3.8, 4) is 16.9 Å². The molecule has 2 aromatic carbocycles. The van der Waals surface area contributed by atoms with Crippen LogP contribution in [0.2, 0.25) is 0 Å². The van der Waals surface area contributed by atoms with Crippen molar-refractivity contribution in [2.45, 2.75) is 51.5 Å². The van der Waals surface area contributed by atoms with Crippen LogP contribution in [-0.4, -0.2) is 48.1 Å². The van der Waals surface area contributed by atoms with Crippen LogP contribution in [0.3, 0.4) is 0 Å². The molecule has 7 heteroatoms. The molecule has 196 valence electrons. The molecular weight excluding hydrogens is 468 g/mol. The molecule has 2 N–H and O–H groups in total. The van der Waals surface area contributed by atoms with E-state index in [1.165, 1.54) is 12.5 Å². The molecule has 3 aromatic rings. The SMILES string of the molecule is CC(C)(CCCCC(=O)N1CCOCC1)c1ccc(-c2ccccc2CNC(=O)c2ccoc2)c(O)c1. The number of phenolic OH excluding ortho intramolecular Hbond substituents is 1. The van der Waals surface area contributed by atoms with E-state index in [0.717, 1.165) is 41.5 Å². The number of morpholine rings is 1. The van der Waals surface area contributed by atoms with Crippen molar-refractivity contribution in [1.29, 1.82) is 0 Å². The average Bonchev–Trinajstić information content (AvgIpc) is 3.46. The van der Waals surface area contributed by atoms with Gasteiger partial charge < -0.3 is 24.5 Å². The smallest absolute Gasteiger partial charge is 0.254 e. The fourth-order valence-electron chi connectivity index (χ4n) is 4.75. The molecule has 1 fully saturated rings. The second-order valence-electron chi connectivity index (χ2n) is 10.2. The van der Waals surface area contributed by atoms with Crippen molar-refractivity contribution >= 4 is 11.8 Å². The Bertz CT molecular complexity index is 1200. The van der Waals surface area contributed by atoms with Gasteiger partial charge in [-0.15, -0.1) is 0 Å². The maximum atomic E-state index is 12.4. The van der Waals surface area contributed by atoms with E-state index in [1.807, 2.05) is 41.3 Å². The van der Waals surface area contributed by atoms with E-state index in [1.54, 1.807) is 6.07 Å². The first-order chi connectivity index (χ1) is 17.8. The summed E-state index contributed by atoms with van der Waals surface area (Å²) in [6.45, 7) is 7.31. The van der Waals surface area contributed by atoms with Gasteiger partial charge in [0.1, 0.15) is 12.0 Å². The van der Waals surface area contributed by atoms with Gasteiger partial charge in [0.15, 0.2) is 0 Å². The van der Waals surface area contributed by atoms with Gasteiger partial charge in [0.05, 0.1) is 25.0 Å². The Morgan fingerprint density at radius 3 is 2.54 bits per heavy atom. The summed E-state index contributed by atoms with van der Waals surface area (Å²) in [5.41, 5.74) is 3.89. The fourth-order valence-corrected chi connectivity index (χ4v) is 4.75. The van der Waals surface area contributed by atoms with Crippen molar-refractivity contribution in [1.82, 2.24) is 10.2 Å². The molecule has 37 heavy (non-hydrogen) atoms. The third kappa shape index (κ3) is 6.80. The highest BCUT2D eigenvalue weighted by atomic mass is 16.5. The standard InChI is InChI=1S/C30H36N2O5/c1-30(2,13-6-5-9-28(34)32-14-17-36-18-15-32)24-10-11-26(27(33)19-24)25-8-4-3-7-22(25)20-31-29(35)23-12-16-37-21-23/h3-4,7-8,10-12,16,19,21,33H,5-6,9,13-15,17-18,20H2,1-2H3,(H,31,35). The molecule has 7 nitrogen and oxygen atoms in total. The summed E-state index contributed by atoms with van der Waals surface area (Å²) >= 11 is 0. The molecule has 0 saturated carbocycles. The summed E-state index contributed by atoms with van der Waals surface area (Å²) in [6.07, 6.45) is 6.14. The molecule has 0 radical (unpaired) electrons. The minimum Gasteiger partial charge on any atom is -0.507 e. The number of nitrogens with one attached hydrogen (secondary N) is 1. The zero-order valence-electron chi connectivity index (χ0n) is 21.7. The monoisotopic (exact) mass is 504 g/mol. The lowest BCUT2D eigenvalue weighted by Gasteiger charge is -2.28. The number of carbonyl (C=O) groups is 2. The number of amides is 2. The summed E-state index contributed by atoms with van der Waals surface area (Å²) in [6, 6.07) is 15.2. The van der Waals surface area contributed by atoms with Crippen molar-refractivity contribution < 1.29 is 23.8 Å². The number of benzene rings is 2. The quantitative estimate of drug-likeness (QED) is 0.367. The number of nitrogens with zero attached hydrogens (tertiary/aromatic N) is 1. The molecule has 1 aromatic heterocycles. The highest BCUT2D eigenvalue weighted by Crippen LogP contribution is 2.37. The van der Waals surface area contributed by atoms with Crippen molar-refractivity contribution in [2.75, 3.05) is 26.3 Å². The molecule has 0 unspecified atom stereocenters. The molecule has 0 spiro atoms. The summed E-state index contributed by atoms with van der Waals surface area (Å²) in [4.78, 5) is 26.6. The second kappa shape index (κ2) is 12.1. The van der Waals surface area contributed by atoms with E-state index in [9.17, 15) is 14.7 Å². The van der Waals surface area contributed by atoms with Crippen LogP contribution in [0.15, 0.2) is 65.5 Å². The van der Waals surface area contributed by atoms with Gasteiger partial charge in [-0.25, -0.2) is 0 Å². The molecule has 0 atom stereocenters. The second-order valence-corrected chi connectivity index (χ2v) is 10.2. The number of hydrogen-bond acceptors (Lipinski definition) is 5. The summed E-state index contributed by atoms with van der Waals surface area (Å²) in [5.74, 6) is 0.209. The molecule has 1 saturated heterocycles. The highest BCUT2D eigenvalue weighted by Gasteiger charge is 2.23. The number of hydrogen-bond donors (Lipinski definition) is 2. The van der Waals surface area contributed by atoms with Gasteiger partial charge in [-0.1, -0.05) is 56.7 Å². The Kier molecular flexibility index (Phi) is 8.66. The maximum Gasteiger partial charge on any atom is 0.254 e. The van der Waals surface area contributed by atoms with Gasteiger partial charge in [0.25, 0.3) is 5.91 Å². The maximum absolute atomic E-state index is 12.4. The van der Waals surface area contributed by atoms with Gasteiger partial charge in [0.2, 0.25) is 5.91 Å². The number of rotatable bonds is 10. The number of aromatic hydroxyl groups is 1. The zero-order chi connectivity index (χ0) is 26.3. The van der Waals surface area contributed by atoms with Crippen LogP contribution in [0.1, 0.15) is 61.0 Å². The molecule has 1 aliphatic rings. The van der Waals surface area contributed by atoms with Crippen LogP contribution < -0.4 is 5.32 Å². The highest BCUT2D eigenvalue weighted by molar-refractivity contribution is 5.93. The van der Waals surface area contributed by atoms with Gasteiger partial charge in [-0.05, 0) is 47.1 Å². The average molecular weight is 505 g/mol. The van der Waals surface area contributed by atoms with Crippen LogP contribution >= 0.6 is 0 Å². The molecular formula is C30H36N2O5. The van der Waals surface area contributed by atoms with Crippen molar-refractivity contribution in [2.24, 2.45) is 0 Å². The lowest BCUT2D eigenvalue weighted by Crippen LogP contribution is -2.40. The predicted octanol–water partition coefficient (Wildman–Crippen LogP) is 5.28. The zero-order valence-corrected chi connectivity index (χ0v) is 21.7. The van der Waals surface area contributed by atoms with E-state index >= 15 is 0 Å². The molecule has 0 bridgehead atoms. The molecule has 4 rings (SSSR count). The molecule has 2 heterocycles. The van der Waals surface area contributed by atoms with E-state index in [2.05, 4.69) is 25.2 Å². The predicted molar refractivity (Wildman–Crippen MR) is 142 cm³/mol. The summed E-state index contributed by atoms with van der Waals surface area (Å²) in [5, 5.41) is 13.9. The number of phenols is 1. The Hall–Kier alpha value is -3.58. The van der Waals surface area contributed by atoms with Gasteiger partial charge in [-0.3, -0.25) is 9.59 Å². The van der Waals surface area contributed by atoms with Gasteiger partial charge in [0, 0.05) is 31.6 Å². The third-order valence-corrected chi connectivity index (χ3v) is 7.12. The minimum absolute atomic E-state index is 0.143. The largest absolute Gasteiger partial charge is 0.507 e. The first kappa shape index (κ1) is 26.5. The van der Waals surface area contributed by atoms with E-state index in [4.69, 9.17) is 9.15 Å². The molecule has 0 aliphatic carbocycles. The van der Waals surface area contributed by atoms with E-state index in [-0.39, 0.29) is 23.0 Å². The topological polar surface area (TPSA) is 92.0 Å². The fraction of sp³-hybridized carbons (Fsp3) is 0.400. The van der Waals surface area contributed by atoms with Gasteiger partial charge in [-0.2, -0.15) is 0 Å². The first-order valence-electron chi connectivity index (χ1n) is 12.9. The minimum atomic E-state index is -0.212. The normalized spacial score (nSPS) is 13.9. The third-order valence-electron chi connectivity index (χ3n) is 7.12. The lowest BCUT2D eigenvalue weighted by molar-refractivity contribution is -0.135. The van der Waals surface area contributed by atoms with Crippen LogP contribution in [0, 0.1) is 0 Å². The first-order valence-corrected chi connectivity index (χ1v) is 12.9. The number of ether oxygens (including phenoxy) is 1. The van der Waals surface area contributed by atoms with Crippen molar-refractivity contribution in [3.05, 3.63) is 77.7 Å². The Labute approximate surface area is 218 Å². The Morgan fingerprint density at radius 1 is 1.03 bits per heavy atom. The van der Waals surface area contributed by atoms with Crippen LogP contribution in [0.5, 0.6) is 5.75 Å². The number of unbranched alkanes of at least 4 members (excludes halogenated alkanes) is 1. The molecule has 1 aliphatic heterocycles. The Morgan fingerprint density at radius 2 is 1.81 bits per heavy atom. The number of furan rings is 1. The Balaban J connectivity index is 1.37. The number of carbonyl (C=O) groups excluding carboxylic acids is 2. The van der Waals surface area contributed by atoms with E-state index < -0.39 is 0 Å². The lowest BCUT2D eigenvalue weighted by atomic mass is 9.79. The van der Waals surface area contributed by atoms with Gasteiger partial charge >= 0.3 is 0 Å². The van der Waals surface area contributed by atoms with Crippen LogP contribution in [0.25, 0.3) is 11.1 Å². The molecule has 2 amide bonds. The summed E-state index contributed by atoms with van der Waals surface area (Å²) in [7, 11) is 0. The summed E-state index contributed by atoms with van der Waals surface area (Å²) < 4.78 is 10.3.